The molecule has 0 atom stereocenters. The maximum Gasteiger partial charge on any atom is 0 e. The second-order valence-electron chi connectivity index (χ2n) is 0. The van der Waals surface area contributed by atoms with Crippen molar-refractivity contribution in [1.29, 1.82) is 0 Å². The van der Waals surface area contributed by atoms with Gasteiger partial charge in [-0.2, -0.15) is 0 Å². The summed E-state index contributed by atoms with van der Waals surface area (Å²) >= 11 is 0. The van der Waals surface area contributed by atoms with E-state index >= 15 is 0 Å². The zero-order chi connectivity index (χ0) is 0. The molecule has 0 aromatic carbocycles. The van der Waals surface area contributed by atoms with E-state index in [0.29, 0.717) is 0 Å². The summed E-state index contributed by atoms with van der Waals surface area (Å²) in [5, 5.41) is 0. The van der Waals surface area contributed by atoms with E-state index in [1.807, 2.05) is 0 Å². The van der Waals surface area contributed by atoms with Gasteiger partial charge >= 0.3 is 0 Å². The predicted molar refractivity (Wildman–Crippen MR) is 12.7 cm³/mol. The van der Waals surface area contributed by atoms with Gasteiger partial charge in [-0.15, -0.1) is 0 Å². The Labute approximate surface area is 72.2 Å². The molecule has 0 rings (SSSR count). The van der Waals surface area contributed by atoms with E-state index in [2.05, 4.69) is 0 Å². The van der Waals surface area contributed by atoms with Crippen LogP contribution >= 0.6 is 9.90 Å². The van der Waals surface area contributed by atoms with Crippen molar-refractivity contribution in [3.05, 3.63) is 0 Å². The molecule has 7 radical (unpaired) electrons. The van der Waals surface area contributed by atoms with Crippen LogP contribution in [-0.2, 0) is 54.3 Å². The maximum atomic E-state index is 0. The van der Waals surface area contributed by atoms with Gasteiger partial charge in [0, 0.05) is 72.6 Å². The van der Waals surface area contributed by atoms with Gasteiger partial charge in [0.1, 0.15) is 0 Å². The Morgan fingerprint density at radius 2 is 1.00 bits per heavy atom. The average molecular weight is 343 g/mol. The van der Waals surface area contributed by atoms with Gasteiger partial charge in [-0.3, -0.25) is 0 Å². The predicted octanol–water partition coefficient (Wildman–Crippen LogP) is 0.473. The molecule has 0 spiro atoms. The topological polar surface area (TPSA) is 0 Å². The van der Waals surface area contributed by atoms with Crippen molar-refractivity contribution in [2.24, 2.45) is 0 Å². The fraction of sp³-hybridized carbons (Fsp3) is 0. The van der Waals surface area contributed by atoms with Crippen LogP contribution in [0, 0.1) is 0 Å². The van der Waals surface area contributed by atoms with Gasteiger partial charge in [-0.05, 0) is 0 Å². The van der Waals surface area contributed by atoms with Gasteiger partial charge in [0.25, 0.3) is 0 Å². The smallest absolute Gasteiger partial charge is 0 e. The number of hydrogen-bond donors (Lipinski definition) is 0. The first-order valence-electron chi connectivity index (χ1n) is 0. The van der Waals surface area contributed by atoms with Crippen LogP contribution in [0.5, 0.6) is 0 Å². The van der Waals surface area contributed by atoms with Crippen molar-refractivity contribution < 1.29 is 54.3 Å². The summed E-state index contributed by atoms with van der Waals surface area (Å²) in [6.07, 6.45) is 0. The van der Waals surface area contributed by atoms with Gasteiger partial charge in [0.05, 0.1) is 0 Å². The summed E-state index contributed by atoms with van der Waals surface area (Å²) in [5.74, 6) is 0. The molecule has 0 amide bonds. The van der Waals surface area contributed by atoms with E-state index in [-0.39, 0.29) is 72.6 Å². The summed E-state index contributed by atoms with van der Waals surface area (Å²) in [7, 11) is 0. The van der Waals surface area contributed by atoms with Crippen LogP contribution in [0.15, 0.2) is 0 Å². The van der Waals surface area contributed by atoms with Crippen LogP contribution in [-0.4, -0.2) is 8.41 Å². The molecule has 0 saturated carbocycles. The molecule has 0 aliphatic heterocycles. The van der Waals surface area contributed by atoms with Crippen molar-refractivity contribution in [2.75, 3.05) is 0 Å². The molecule has 0 aliphatic carbocycles. The van der Waals surface area contributed by atoms with Crippen LogP contribution in [0.1, 0.15) is 0 Å². The first-order valence-corrected chi connectivity index (χ1v) is 0. The van der Waals surface area contributed by atoms with Gasteiger partial charge < -0.3 is 0 Å². The van der Waals surface area contributed by atoms with E-state index in [0.717, 1.165) is 0 Å². The molecular formula is BCoNiPW. The van der Waals surface area contributed by atoms with E-state index in [4.69, 9.17) is 0 Å². The van der Waals surface area contributed by atoms with Crippen LogP contribution in [0.2, 0.25) is 0 Å². The van der Waals surface area contributed by atoms with Crippen LogP contribution in [0.3, 0.4) is 0 Å². The summed E-state index contributed by atoms with van der Waals surface area (Å²) in [6, 6.07) is 0. The van der Waals surface area contributed by atoms with E-state index < -0.39 is 0 Å². The van der Waals surface area contributed by atoms with Crippen LogP contribution < -0.4 is 0 Å². The first-order chi connectivity index (χ1) is 0. The Kier molecular flexibility index (Phi) is 402. The largest absolute Gasteiger partial charge is 0 e. The molecule has 5 heavy (non-hydrogen) atoms. The molecular weight excluding hydrogens is 343 g/mol. The van der Waals surface area contributed by atoms with E-state index in [1.165, 1.54) is 0 Å². The minimum Gasteiger partial charge on any atom is 0 e. The van der Waals surface area contributed by atoms with Crippen LogP contribution in [0.4, 0.5) is 0 Å². The molecule has 0 aromatic rings. The second kappa shape index (κ2) is 34.9. The minimum absolute atomic E-state index is 0. The molecule has 0 bridgehead atoms. The average Bonchev–Trinajstić information content (AvgIpc) is 0. The molecule has 0 saturated heterocycles. The molecule has 0 heterocycles. The van der Waals surface area contributed by atoms with E-state index in [1.54, 1.807) is 0 Å². The molecule has 5 heteroatoms. The van der Waals surface area contributed by atoms with Crippen molar-refractivity contribution in [1.82, 2.24) is 0 Å². The second-order valence-corrected chi connectivity index (χ2v) is 0. The maximum absolute atomic E-state index is 0. The van der Waals surface area contributed by atoms with Crippen molar-refractivity contribution >= 4 is 18.3 Å². The molecule has 0 unspecified atom stereocenters. The quantitative estimate of drug-likeness (QED) is 0.443. The monoisotopic (exact) mass is 343 g/mol. The summed E-state index contributed by atoms with van der Waals surface area (Å²) in [4.78, 5) is 0. The van der Waals surface area contributed by atoms with Crippen molar-refractivity contribution in [3.8, 4) is 0 Å². The summed E-state index contributed by atoms with van der Waals surface area (Å²) < 4.78 is 0. The van der Waals surface area contributed by atoms with Crippen molar-refractivity contribution in [3.63, 3.8) is 0 Å². The molecule has 0 N–H and O–H groups in total. The molecule has 0 aromatic heterocycles. The fourth-order valence-corrected chi connectivity index (χ4v) is 0. The number of hydrogen-bond acceptors (Lipinski definition) is 0. The molecule has 33 valence electrons. The first kappa shape index (κ1) is 57.6. The third-order valence-corrected chi connectivity index (χ3v) is 0. The molecule has 0 fully saturated rings. The van der Waals surface area contributed by atoms with Crippen molar-refractivity contribution in [2.45, 2.75) is 0 Å². The van der Waals surface area contributed by atoms with Gasteiger partial charge in [-0.1, -0.05) is 0 Å². The van der Waals surface area contributed by atoms with Gasteiger partial charge in [0.2, 0.25) is 0 Å². The summed E-state index contributed by atoms with van der Waals surface area (Å²) in [5.41, 5.74) is 0. The van der Waals surface area contributed by atoms with E-state index in [9.17, 15) is 0 Å². The zero-order valence-electron chi connectivity index (χ0n) is 2.08. The Morgan fingerprint density at radius 3 is 1.00 bits per heavy atom. The number of rotatable bonds is 0. The minimum atomic E-state index is 0. The standard InChI is InChI=1S/B.Co.Ni.P.W. The van der Waals surface area contributed by atoms with Gasteiger partial charge in [0.15, 0.2) is 0 Å². The van der Waals surface area contributed by atoms with Crippen LogP contribution in [0.25, 0.3) is 0 Å². The molecule has 0 nitrogen and oxygen atoms in total. The third kappa shape index (κ3) is 22.7. The SMILES string of the molecule is [B].[Co].[Ni].[P].[W]. The normalized spacial score (nSPS) is 0. The Morgan fingerprint density at radius 1 is 1.00 bits per heavy atom. The zero-order valence-corrected chi connectivity index (χ0v) is 7.94. The molecule has 0 aliphatic rings. The fourth-order valence-electron chi connectivity index (χ4n) is 0. The summed E-state index contributed by atoms with van der Waals surface area (Å²) in [6.45, 7) is 0. The Hall–Kier alpha value is 2.18. The Bertz CT molecular complexity index is 11.6. The van der Waals surface area contributed by atoms with Gasteiger partial charge in [-0.25, -0.2) is 0 Å². The third-order valence-electron chi connectivity index (χ3n) is 0. The Balaban J connectivity index is 0.